The summed E-state index contributed by atoms with van der Waals surface area (Å²) >= 11 is 0. The number of para-hydroxylation sites is 1. The summed E-state index contributed by atoms with van der Waals surface area (Å²) in [4.78, 5) is 33.6. The summed E-state index contributed by atoms with van der Waals surface area (Å²) in [6.45, 7) is 2.72. The molecule has 7 nitrogen and oxygen atoms in total. The minimum Gasteiger partial charge on any atom is -0.437 e. The van der Waals surface area contributed by atoms with E-state index in [0.717, 1.165) is 25.1 Å². The molecule has 1 N–H and O–H groups in total. The van der Waals surface area contributed by atoms with Crippen molar-refractivity contribution in [1.82, 2.24) is 15.2 Å². The topological polar surface area (TPSA) is 74.8 Å². The van der Waals surface area contributed by atoms with Crippen molar-refractivity contribution in [3.63, 3.8) is 0 Å². The fraction of sp³-hybridized carbons (Fsp3) is 0.296. The van der Waals surface area contributed by atoms with Crippen LogP contribution in [-0.2, 0) is 22.7 Å². The van der Waals surface area contributed by atoms with Gasteiger partial charge in [-0.2, -0.15) is 0 Å². The molecule has 3 aromatic rings. The molecule has 0 atom stereocenters. The maximum Gasteiger partial charge on any atom is 0.243 e. The fourth-order valence-corrected chi connectivity index (χ4v) is 3.98. The number of hydrogen-bond donors (Lipinski definition) is 1. The second-order valence-electron chi connectivity index (χ2n) is 8.44. The van der Waals surface area contributed by atoms with Gasteiger partial charge in [0.2, 0.25) is 17.7 Å². The average molecular weight is 459 g/mol. The summed E-state index contributed by atoms with van der Waals surface area (Å²) in [6, 6.07) is 21.5. The van der Waals surface area contributed by atoms with E-state index in [4.69, 9.17) is 4.74 Å². The number of nitrogens with one attached hydrogen (secondary N) is 1. The van der Waals surface area contributed by atoms with Gasteiger partial charge in [-0.05, 0) is 43.8 Å². The number of anilines is 1. The second kappa shape index (κ2) is 11.4. The van der Waals surface area contributed by atoms with Gasteiger partial charge < -0.3 is 19.9 Å². The predicted octanol–water partition coefficient (Wildman–Crippen LogP) is 4.14. The Kier molecular flexibility index (Phi) is 7.88. The zero-order valence-electron chi connectivity index (χ0n) is 19.4. The Balaban J connectivity index is 1.24. The highest BCUT2D eigenvalue weighted by atomic mass is 16.5. The Labute approximate surface area is 200 Å². The van der Waals surface area contributed by atoms with Crippen LogP contribution < -0.4 is 15.0 Å². The van der Waals surface area contributed by atoms with Crippen LogP contribution in [-0.4, -0.2) is 41.8 Å². The largest absolute Gasteiger partial charge is 0.437 e. The van der Waals surface area contributed by atoms with Crippen LogP contribution in [0.1, 0.15) is 30.4 Å². The van der Waals surface area contributed by atoms with E-state index >= 15 is 0 Å². The van der Waals surface area contributed by atoms with E-state index < -0.39 is 0 Å². The number of ether oxygens (including phenoxy) is 1. The summed E-state index contributed by atoms with van der Waals surface area (Å²) < 4.78 is 5.94. The molecule has 0 unspecified atom stereocenters. The molecule has 0 saturated heterocycles. The Bertz CT molecular complexity index is 1120. The Morgan fingerprint density at radius 1 is 1.03 bits per heavy atom. The zero-order valence-corrected chi connectivity index (χ0v) is 19.4. The van der Waals surface area contributed by atoms with Gasteiger partial charge in [-0.3, -0.25) is 9.59 Å². The molecule has 7 heteroatoms. The van der Waals surface area contributed by atoms with E-state index in [1.54, 1.807) is 17.2 Å². The van der Waals surface area contributed by atoms with Crippen molar-refractivity contribution < 1.29 is 14.3 Å². The first-order chi connectivity index (χ1) is 16.6. The smallest absolute Gasteiger partial charge is 0.243 e. The van der Waals surface area contributed by atoms with Crippen LogP contribution in [0.2, 0.25) is 0 Å². The number of amides is 2. The number of carbonyl (C=O) groups excluding carboxylic acids is 2. The van der Waals surface area contributed by atoms with Gasteiger partial charge in [-0.25, -0.2) is 4.98 Å². The van der Waals surface area contributed by atoms with Crippen molar-refractivity contribution in [2.75, 3.05) is 25.0 Å². The molecule has 0 aliphatic carbocycles. The molecule has 2 amide bonds. The lowest BCUT2D eigenvalue weighted by molar-refractivity contribution is -0.125. The van der Waals surface area contributed by atoms with Crippen molar-refractivity contribution in [3.05, 3.63) is 84.1 Å². The molecule has 176 valence electrons. The molecule has 0 bridgehead atoms. The van der Waals surface area contributed by atoms with Crippen molar-refractivity contribution in [3.8, 4) is 11.6 Å². The van der Waals surface area contributed by atoms with Crippen molar-refractivity contribution >= 4 is 17.5 Å². The number of rotatable bonds is 9. The van der Waals surface area contributed by atoms with Crippen LogP contribution >= 0.6 is 0 Å². The third kappa shape index (κ3) is 6.20. The molecular weight excluding hydrogens is 428 g/mol. The molecular formula is C27H30N4O3. The van der Waals surface area contributed by atoms with Crippen molar-refractivity contribution in [2.24, 2.45) is 0 Å². The summed E-state index contributed by atoms with van der Waals surface area (Å²) in [5, 5.41) is 2.93. The Morgan fingerprint density at radius 3 is 2.68 bits per heavy atom. The minimum absolute atomic E-state index is 0.114. The molecule has 2 aromatic carbocycles. The van der Waals surface area contributed by atoms with Crippen molar-refractivity contribution in [2.45, 2.75) is 32.4 Å². The molecule has 1 aromatic heterocycles. The van der Waals surface area contributed by atoms with Gasteiger partial charge in [0.05, 0.1) is 6.54 Å². The highest BCUT2D eigenvalue weighted by molar-refractivity contribution is 5.96. The van der Waals surface area contributed by atoms with Crippen molar-refractivity contribution in [1.29, 1.82) is 0 Å². The second-order valence-corrected chi connectivity index (χ2v) is 8.44. The molecule has 4 rings (SSSR count). The number of benzene rings is 2. The first kappa shape index (κ1) is 23.4. The standard InChI is InChI=1S/C27H30N4O3/c1-30(19-21-9-3-2-4-10-21)18-8-17-28-25(32)14-15-26(33)31-20-22-11-5-6-13-24(22)34-27-23(31)12-7-16-29-27/h2-7,9-13,16H,8,14-15,17-20H2,1H3,(H,28,32). The van der Waals surface area contributed by atoms with Crippen LogP contribution in [0.5, 0.6) is 11.6 Å². The monoisotopic (exact) mass is 458 g/mol. The maximum absolute atomic E-state index is 13.1. The van der Waals surface area contributed by atoms with Crippen LogP contribution in [0.25, 0.3) is 0 Å². The summed E-state index contributed by atoms with van der Waals surface area (Å²) in [6.07, 6.45) is 2.76. The molecule has 34 heavy (non-hydrogen) atoms. The van der Waals surface area contributed by atoms with E-state index in [2.05, 4.69) is 34.4 Å². The summed E-state index contributed by atoms with van der Waals surface area (Å²) in [5.41, 5.74) is 2.79. The number of aromatic nitrogens is 1. The number of fused-ring (bicyclic) bond motifs is 2. The van der Waals surface area contributed by atoms with E-state index in [1.165, 1.54) is 5.56 Å². The third-order valence-corrected chi connectivity index (χ3v) is 5.75. The molecule has 0 fully saturated rings. The first-order valence-electron chi connectivity index (χ1n) is 11.6. The molecule has 0 saturated carbocycles. The van der Waals surface area contributed by atoms with Gasteiger partial charge >= 0.3 is 0 Å². The molecule has 1 aliphatic rings. The molecule has 0 radical (unpaired) electrons. The Morgan fingerprint density at radius 2 is 1.82 bits per heavy atom. The normalized spacial score (nSPS) is 12.4. The van der Waals surface area contributed by atoms with Crippen LogP contribution in [0.3, 0.4) is 0 Å². The third-order valence-electron chi connectivity index (χ3n) is 5.75. The summed E-state index contributed by atoms with van der Waals surface area (Å²) in [5.74, 6) is 0.835. The summed E-state index contributed by atoms with van der Waals surface area (Å²) in [7, 11) is 2.07. The van der Waals surface area contributed by atoms with Gasteiger partial charge in [-0.15, -0.1) is 0 Å². The average Bonchev–Trinajstić information content (AvgIpc) is 3.02. The van der Waals surface area contributed by atoms with E-state index in [-0.39, 0.29) is 24.7 Å². The molecule has 1 aliphatic heterocycles. The van der Waals surface area contributed by atoms with Crippen LogP contribution in [0, 0.1) is 0 Å². The van der Waals surface area contributed by atoms with E-state index in [1.807, 2.05) is 48.5 Å². The lowest BCUT2D eigenvalue weighted by atomic mass is 10.1. The SMILES string of the molecule is CN(CCCNC(=O)CCC(=O)N1Cc2ccccc2Oc2ncccc21)Cc1ccccc1. The molecule has 0 spiro atoms. The van der Waals surface area contributed by atoms with Gasteiger partial charge in [0.25, 0.3) is 0 Å². The first-order valence-corrected chi connectivity index (χ1v) is 11.6. The minimum atomic E-state index is -0.132. The number of hydrogen-bond acceptors (Lipinski definition) is 5. The number of pyridine rings is 1. The highest BCUT2D eigenvalue weighted by Gasteiger charge is 2.26. The Hall–Kier alpha value is -3.71. The van der Waals surface area contributed by atoms with Gasteiger partial charge in [0.15, 0.2) is 0 Å². The number of carbonyl (C=O) groups is 2. The van der Waals surface area contributed by atoms with Gasteiger partial charge in [-0.1, -0.05) is 48.5 Å². The van der Waals surface area contributed by atoms with Gasteiger partial charge in [0, 0.05) is 37.7 Å². The predicted molar refractivity (Wildman–Crippen MR) is 132 cm³/mol. The maximum atomic E-state index is 13.1. The van der Waals surface area contributed by atoms with E-state index in [0.29, 0.717) is 30.4 Å². The van der Waals surface area contributed by atoms with Crippen LogP contribution in [0.4, 0.5) is 5.69 Å². The zero-order chi connectivity index (χ0) is 23.8. The quantitative estimate of drug-likeness (QED) is 0.488. The lowest BCUT2D eigenvalue weighted by Gasteiger charge is -2.21. The van der Waals surface area contributed by atoms with Gasteiger partial charge in [0.1, 0.15) is 11.4 Å². The molecule has 2 heterocycles. The lowest BCUT2D eigenvalue weighted by Crippen LogP contribution is -2.32. The highest BCUT2D eigenvalue weighted by Crippen LogP contribution is 2.37. The van der Waals surface area contributed by atoms with Crippen LogP contribution in [0.15, 0.2) is 72.9 Å². The fourth-order valence-electron chi connectivity index (χ4n) is 3.98. The van der Waals surface area contributed by atoms with E-state index in [9.17, 15) is 9.59 Å². The number of nitrogens with zero attached hydrogens (tertiary/aromatic N) is 3.